The minimum atomic E-state index is -0.222. The van der Waals surface area contributed by atoms with Gasteiger partial charge in [-0.05, 0) is 38.8 Å². The fraction of sp³-hybridized carbons (Fsp3) is 0.400. The lowest BCUT2D eigenvalue weighted by Crippen LogP contribution is -2.23. The van der Waals surface area contributed by atoms with Gasteiger partial charge in [0.25, 0.3) is 0 Å². The van der Waals surface area contributed by atoms with Gasteiger partial charge in [0.15, 0.2) is 5.82 Å². The van der Waals surface area contributed by atoms with Crippen molar-refractivity contribution in [1.29, 1.82) is 0 Å². The highest BCUT2D eigenvalue weighted by Crippen LogP contribution is 2.41. The normalized spacial score (nSPS) is 15.7. The summed E-state index contributed by atoms with van der Waals surface area (Å²) in [6.07, 6.45) is 4.15. The molecule has 2 aromatic rings. The van der Waals surface area contributed by atoms with Crippen LogP contribution >= 0.6 is 11.8 Å². The second-order valence-electron chi connectivity index (χ2n) is 5.30. The summed E-state index contributed by atoms with van der Waals surface area (Å²) >= 11 is 1.44. The van der Waals surface area contributed by atoms with Gasteiger partial charge in [0.2, 0.25) is 5.91 Å². The summed E-state index contributed by atoms with van der Waals surface area (Å²) in [7, 11) is 0. The Labute approximate surface area is 127 Å². The summed E-state index contributed by atoms with van der Waals surface area (Å²) in [5.74, 6) is 1.20. The maximum absolute atomic E-state index is 12.3. The Morgan fingerprint density at radius 1 is 1.48 bits per heavy atom. The van der Waals surface area contributed by atoms with Gasteiger partial charge in [0, 0.05) is 23.4 Å². The summed E-state index contributed by atoms with van der Waals surface area (Å²) in [4.78, 5) is 16.5. The molecule has 0 bridgehead atoms. The molecule has 1 amide bonds. The Morgan fingerprint density at radius 2 is 2.29 bits per heavy atom. The first-order valence-corrected chi connectivity index (χ1v) is 7.96. The second kappa shape index (κ2) is 5.89. The Kier molecular flexibility index (Phi) is 3.96. The van der Waals surface area contributed by atoms with Crippen LogP contribution in [0.4, 0.5) is 5.82 Å². The number of aromatic nitrogens is 3. The number of amides is 1. The predicted molar refractivity (Wildman–Crippen MR) is 83.5 cm³/mol. The highest BCUT2D eigenvalue weighted by atomic mass is 32.2. The third-order valence-electron chi connectivity index (χ3n) is 3.58. The first kappa shape index (κ1) is 14.1. The number of nitrogens with zero attached hydrogens (tertiary/aromatic N) is 2. The molecule has 2 N–H and O–H groups in total. The van der Waals surface area contributed by atoms with Crippen molar-refractivity contribution in [2.24, 2.45) is 0 Å². The zero-order valence-corrected chi connectivity index (χ0v) is 12.9. The molecule has 0 radical (unpaired) electrons. The smallest absolute Gasteiger partial charge is 0.238 e. The average Bonchev–Trinajstić information content (AvgIpc) is 3.26. The summed E-state index contributed by atoms with van der Waals surface area (Å²) in [6, 6.07) is 5.68. The number of H-pyrrole nitrogens is 1. The van der Waals surface area contributed by atoms with Crippen LogP contribution in [0.3, 0.4) is 0 Å². The van der Waals surface area contributed by atoms with Crippen molar-refractivity contribution < 1.29 is 4.79 Å². The highest BCUT2D eigenvalue weighted by Gasteiger charge is 2.28. The fourth-order valence-corrected chi connectivity index (χ4v) is 2.98. The minimum Gasteiger partial charge on any atom is -0.308 e. The van der Waals surface area contributed by atoms with Crippen molar-refractivity contribution in [1.82, 2.24) is 15.2 Å². The van der Waals surface area contributed by atoms with Crippen LogP contribution in [0.2, 0.25) is 0 Å². The first-order chi connectivity index (χ1) is 10.1. The van der Waals surface area contributed by atoms with E-state index in [0.717, 1.165) is 16.3 Å². The molecule has 2 heterocycles. The van der Waals surface area contributed by atoms with E-state index in [0.29, 0.717) is 11.7 Å². The third-order valence-corrected chi connectivity index (χ3v) is 4.63. The van der Waals surface area contributed by atoms with Gasteiger partial charge in [-0.15, -0.1) is 0 Å². The third kappa shape index (κ3) is 3.26. The van der Waals surface area contributed by atoms with Crippen molar-refractivity contribution in [2.75, 3.05) is 5.32 Å². The highest BCUT2D eigenvalue weighted by molar-refractivity contribution is 8.00. The Hall–Kier alpha value is -1.82. The van der Waals surface area contributed by atoms with Gasteiger partial charge >= 0.3 is 0 Å². The maximum atomic E-state index is 12.3. The summed E-state index contributed by atoms with van der Waals surface area (Å²) in [5, 5.41) is 10.8. The molecule has 0 saturated heterocycles. The topological polar surface area (TPSA) is 70.7 Å². The molecule has 1 aliphatic carbocycles. The summed E-state index contributed by atoms with van der Waals surface area (Å²) in [6.45, 7) is 3.88. The lowest BCUT2D eigenvalue weighted by Gasteiger charge is -2.10. The SMILES string of the molecule is Cc1c(NC(=O)[C@H](C)Sc2ccccn2)n[nH]c1C1CC1. The summed E-state index contributed by atoms with van der Waals surface area (Å²) < 4.78 is 0. The Bertz CT molecular complexity index is 636. The van der Waals surface area contributed by atoms with Gasteiger partial charge in [-0.3, -0.25) is 9.89 Å². The average molecular weight is 302 g/mol. The fourth-order valence-electron chi connectivity index (χ4n) is 2.17. The molecular formula is C15H18N4OS. The van der Waals surface area contributed by atoms with Gasteiger partial charge in [0.1, 0.15) is 0 Å². The van der Waals surface area contributed by atoms with Crippen LogP contribution in [-0.2, 0) is 4.79 Å². The van der Waals surface area contributed by atoms with E-state index in [4.69, 9.17) is 0 Å². The van der Waals surface area contributed by atoms with Gasteiger partial charge in [0.05, 0.1) is 10.3 Å². The largest absolute Gasteiger partial charge is 0.308 e. The standard InChI is InChI=1S/C15H18N4OS/c1-9-13(11-6-7-11)18-19-14(9)17-15(20)10(2)21-12-5-3-4-8-16-12/h3-5,8,10-11H,6-7H2,1-2H3,(H2,17,18,19,20)/t10-/m0/s1. The molecular weight excluding hydrogens is 284 g/mol. The molecule has 1 aliphatic rings. The number of hydrogen-bond donors (Lipinski definition) is 2. The van der Waals surface area contributed by atoms with E-state index < -0.39 is 0 Å². The van der Waals surface area contributed by atoms with Gasteiger partial charge in [-0.25, -0.2) is 4.98 Å². The van der Waals surface area contributed by atoms with Crippen LogP contribution in [0, 0.1) is 6.92 Å². The molecule has 5 nitrogen and oxygen atoms in total. The molecule has 1 saturated carbocycles. The molecule has 3 rings (SSSR count). The zero-order chi connectivity index (χ0) is 14.8. The lowest BCUT2D eigenvalue weighted by molar-refractivity contribution is -0.115. The van der Waals surface area contributed by atoms with E-state index in [1.54, 1.807) is 6.20 Å². The molecule has 0 aromatic carbocycles. The number of pyridine rings is 1. The number of carbonyl (C=O) groups is 1. The van der Waals surface area contributed by atoms with E-state index in [1.165, 1.54) is 24.6 Å². The van der Waals surface area contributed by atoms with Crippen molar-refractivity contribution >= 4 is 23.5 Å². The molecule has 0 spiro atoms. The van der Waals surface area contributed by atoms with Crippen molar-refractivity contribution in [2.45, 2.75) is 42.9 Å². The zero-order valence-electron chi connectivity index (χ0n) is 12.1. The molecule has 6 heteroatoms. The Balaban J connectivity index is 1.63. The minimum absolute atomic E-state index is 0.0531. The van der Waals surface area contributed by atoms with Crippen LogP contribution in [0.5, 0.6) is 0 Å². The Morgan fingerprint density at radius 3 is 2.95 bits per heavy atom. The number of thioether (sulfide) groups is 1. The lowest BCUT2D eigenvalue weighted by atomic mass is 10.2. The number of hydrogen-bond acceptors (Lipinski definition) is 4. The molecule has 21 heavy (non-hydrogen) atoms. The summed E-state index contributed by atoms with van der Waals surface area (Å²) in [5.41, 5.74) is 2.22. The van der Waals surface area contributed by atoms with E-state index in [-0.39, 0.29) is 11.2 Å². The van der Waals surface area contributed by atoms with E-state index in [1.807, 2.05) is 32.0 Å². The van der Waals surface area contributed by atoms with Gasteiger partial charge < -0.3 is 5.32 Å². The number of aromatic amines is 1. The number of anilines is 1. The second-order valence-corrected chi connectivity index (χ2v) is 6.66. The van der Waals surface area contributed by atoms with Crippen LogP contribution in [0.1, 0.15) is 36.9 Å². The number of nitrogens with one attached hydrogen (secondary N) is 2. The maximum Gasteiger partial charge on any atom is 0.238 e. The molecule has 110 valence electrons. The molecule has 0 unspecified atom stereocenters. The first-order valence-electron chi connectivity index (χ1n) is 7.08. The van der Waals surface area contributed by atoms with Crippen LogP contribution < -0.4 is 5.32 Å². The number of rotatable bonds is 5. The van der Waals surface area contributed by atoms with Crippen molar-refractivity contribution in [3.63, 3.8) is 0 Å². The molecule has 0 aliphatic heterocycles. The van der Waals surface area contributed by atoms with E-state index in [9.17, 15) is 4.79 Å². The molecule has 1 atom stereocenters. The molecule has 2 aromatic heterocycles. The predicted octanol–water partition coefficient (Wildman–Crippen LogP) is 3.11. The number of carbonyl (C=O) groups excluding carboxylic acids is 1. The van der Waals surface area contributed by atoms with E-state index >= 15 is 0 Å². The van der Waals surface area contributed by atoms with Gasteiger partial charge in [-0.2, -0.15) is 5.10 Å². The van der Waals surface area contributed by atoms with Crippen molar-refractivity contribution in [3.8, 4) is 0 Å². The van der Waals surface area contributed by atoms with Crippen molar-refractivity contribution in [3.05, 3.63) is 35.7 Å². The van der Waals surface area contributed by atoms with Crippen LogP contribution in [0.25, 0.3) is 0 Å². The van der Waals surface area contributed by atoms with Gasteiger partial charge in [-0.1, -0.05) is 17.8 Å². The molecule has 1 fully saturated rings. The monoisotopic (exact) mass is 302 g/mol. The quantitative estimate of drug-likeness (QED) is 0.833. The van der Waals surface area contributed by atoms with E-state index in [2.05, 4.69) is 20.5 Å². The van der Waals surface area contributed by atoms with Crippen LogP contribution in [0.15, 0.2) is 29.4 Å². The van der Waals surface area contributed by atoms with Crippen LogP contribution in [-0.4, -0.2) is 26.3 Å².